The van der Waals surface area contributed by atoms with Gasteiger partial charge in [-0.1, -0.05) is 6.92 Å². The van der Waals surface area contributed by atoms with Crippen LogP contribution >= 0.6 is 0 Å². The van der Waals surface area contributed by atoms with Gasteiger partial charge in [-0.25, -0.2) is 0 Å². The Morgan fingerprint density at radius 1 is 1.67 bits per heavy atom. The SMILES string of the molecule is C=[C-]NC.[CH2-]CCC(C)[CH-]C.[La+3]. The van der Waals surface area contributed by atoms with E-state index >= 15 is 0 Å². The zero-order chi connectivity index (χ0) is 9.11. The summed E-state index contributed by atoms with van der Waals surface area (Å²) in [6.07, 6.45) is 6.94. The Morgan fingerprint density at radius 2 is 2.08 bits per heavy atom. The minimum atomic E-state index is 0. The molecule has 1 unspecified atom stereocenters. The van der Waals surface area contributed by atoms with Gasteiger partial charge < -0.3 is 24.9 Å². The van der Waals surface area contributed by atoms with E-state index in [9.17, 15) is 0 Å². The van der Waals surface area contributed by atoms with E-state index in [1.165, 1.54) is 6.42 Å². The van der Waals surface area contributed by atoms with Crippen molar-refractivity contribution >= 4 is 0 Å². The first-order chi connectivity index (χ1) is 5.22. The van der Waals surface area contributed by atoms with Gasteiger partial charge in [0.15, 0.2) is 0 Å². The topological polar surface area (TPSA) is 12.0 Å². The molecule has 0 radical (unpaired) electrons. The monoisotopic (exact) mass is 293 g/mol. The van der Waals surface area contributed by atoms with Crippen LogP contribution < -0.4 is 5.32 Å². The second-order valence-corrected chi connectivity index (χ2v) is 2.38. The molecule has 0 aliphatic heterocycles. The van der Waals surface area contributed by atoms with E-state index in [0.717, 1.165) is 12.3 Å². The second kappa shape index (κ2) is 17.7. The van der Waals surface area contributed by atoms with Gasteiger partial charge in [0.05, 0.1) is 0 Å². The molecular formula is C10H20LaN. The molecule has 0 rings (SSSR count). The molecular weight excluding hydrogens is 273 g/mol. The molecule has 2 heteroatoms. The van der Waals surface area contributed by atoms with E-state index in [1.54, 1.807) is 7.05 Å². The molecule has 0 amide bonds. The smallest absolute Gasteiger partial charge is 0.570 e. The van der Waals surface area contributed by atoms with Gasteiger partial charge in [0.25, 0.3) is 0 Å². The predicted molar refractivity (Wildman–Crippen MR) is 51.7 cm³/mol. The fourth-order valence-corrected chi connectivity index (χ4v) is 0.489. The number of hydrogen-bond donors (Lipinski definition) is 1. The van der Waals surface area contributed by atoms with Gasteiger partial charge in [-0.15, -0.1) is 6.42 Å². The van der Waals surface area contributed by atoms with Gasteiger partial charge >= 0.3 is 35.6 Å². The maximum atomic E-state index is 3.75. The molecule has 0 heterocycles. The summed E-state index contributed by atoms with van der Waals surface area (Å²) in [6.45, 7) is 11.3. The third kappa shape index (κ3) is 22.4. The third-order valence-corrected chi connectivity index (χ3v) is 1.41. The fourth-order valence-electron chi connectivity index (χ4n) is 0.489. The Labute approximate surface area is 106 Å². The van der Waals surface area contributed by atoms with Gasteiger partial charge in [-0.2, -0.15) is 19.3 Å². The van der Waals surface area contributed by atoms with Crippen molar-refractivity contribution in [1.29, 1.82) is 0 Å². The molecule has 0 aliphatic rings. The van der Waals surface area contributed by atoms with Crippen molar-refractivity contribution in [3.05, 3.63) is 26.1 Å². The van der Waals surface area contributed by atoms with E-state index in [2.05, 4.69) is 45.3 Å². The maximum absolute atomic E-state index is 3.75. The zero-order valence-corrected chi connectivity index (χ0v) is 12.2. The number of nitrogens with one attached hydrogen (secondary N) is 1. The first-order valence-electron chi connectivity index (χ1n) is 4.00. The molecule has 0 aromatic heterocycles. The van der Waals surface area contributed by atoms with Crippen molar-refractivity contribution in [1.82, 2.24) is 5.32 Å². The number of rotatable bonds is 4. The van der Waals surface area contributed by atoms with Crippen LogP contribution in [0.5, 0.6) is 0 Å². The molecule has 1 nitrogen and oxygen atoms in total. The molecule has 0 aromatic carbocycles. The summed E-state index contributed by atoms with van der Waals surface area (Å²) in [5.41, 5.74) is 0. The largest absolute Gasteiger partial charge is 3.00 e. The third-order valence-electron chi connectivity index (χ3n) is 1.41. The molecule has 1 atom stereocenters. The van der Waals surface area contributed by atoms with Crippen LogP contribution in [0.3, 0.4) is 0 Å². The molecule has 0 aliphatic carbocycles. The minimum absolute atomic E-state index is 0. The number of hydrogen-bond acceptors (Lipinski definition) is 1. The average molecular weight is 293 g/mol. The van der Waals surface area contributed by atoms with Gasteiger partial charge in [-0.05, 0) is 7.05 Å². The molecule has 0 bridgehead atoms. The second-order valence-electron chi connectivity index (χ2n) is 2.38. The molecule has 0 saturated heterocycles. The normalized spacial score (nSPS) is 10.0. The Balaban J connectivity index is -0.000000142. The zero-order valence-electron chi connectivity index (χ0n) is 8.56. The van der Waals surface area contributed by atoms with Gasteiger partial charge in [-0.3, -0.25) is 6.58 Å². The van der Waals surface area contributed by atoms with Crippen LogP contribution in [0.4, 0.5) is 0 Å². The summed E-state index contributed by atoms with van der Waals surface area (Å²) in [4.78, 5) is 0. The van der Waals surface area contributed by atoms with E-state index in [1.807, 2.05) is 0 Å². The standard InChI is InChI=1S/C7H14.C3H6N.La/c1-4-6-7(3)5-2;1-3-4-2;/h5,7H,1,4,6H2,2-3H3;4H,1H2,2H3;/q-2;-1;+3. The van der Waals surface area contributed by atoms with Crippen molar-refractivity contribution in [2.45, 2.75) is 26.7 Å². The Morgan fingerprint density at radius 3 is 2.17 bits per heavy atom. The summed E-state index contributed by atoms with van der Waals surface area (Å²) < 4.78 is 0. The van der Waals surface area contributed by atoms with Crippen molar-refractivity contribution in [3.63, 3.8) is 0 Å². The van der Waals surface area contributed by atoms with Crippen molar-refractivity contribution in [2.75, 3.05) is 7.05 Å². The van der Waals surface area contributed by atoms with E-state index in [4.69, 9.17) is 0 Å². The van der Waals surface area contributed by atoms with Crippen molar-refractivity contribution in [2.24, 2.45) is 5.92 Å². The summed E-state index contributed by atoms with van der Waals surface area (Å²) >= 11 is 0. The van der Waals surface area contributed by atoms with Gasteiger partial charge in [0, 0.05) is 0 Å². The van der Waals surface area contributed by atoms with Crippen LogP contribution in [0.2, 0.25) is 0 Å². The quantitative estimate of drug-likeness (QED) is 0.620. The summed E-state index contributed by atoms with van der Waals surface area (Å²) in [5.74, 6) is 0.762. The maximum Gasteiger partial charge on any atom is 3.00 e. The fraction of sp³-hybridized carbons (Fsp3) is 0.600. The predicted octanol–water partition coefficient (Wildman–Crippen LogP) is 2.61. The summed E-state index contributed by atoms with van der Waals surface area (Å²) in [6, 6.07) is 0. The molecule has 0 aromatic rings. The van der Waals surface area contributed by atoms with E-state index in [-0.39, 0.29) is 35.6 Å². The molecule has 0 spiro atoms. The Kier molecular flexibility index (Phi) is 27.3. The van der Waals surface area contributed by atoms with E-state index < -0.39 is 0 Å². The molecule has 12 heavy (non-hydrogen) atoms. The summed E-state index contributed by atoms with van der Waals surface area (Å²) in [7, 11) is 1.76. The van der Waals surface area contributed by atoms with Crippen LogP contribution in [-0.2, 0) is 0 Å². The Bertz CT molecular complexity index is 74.2. The molecule has 68 valence electrons. The first kappa shape index (κ1) is 18.5. The van der Waals surface area contributed by atoms with Crippen LogP contribution in [-0.4, -0.2) is 7.05 Å². The van der Waals surface area contributed by atoms with E-state index in [0.29, 0.717) is 0 Å². The van der Waals surface area contributed by atoms with Crippen molar-refractivity contribution < 1.29 is 35.6 Å². The summed E-state index contributed by atoms with van der Waals surface area (Å²) in [5, 5.41) is 2.57. The van der Waals surface area contributed by atoms with Crippen LogP contribution in [0.1, 0.15) is 26.7 Å². The first-order valence-corrected chi connectivity index (χ1v) is 4.00. The molecule has 0 saturated carbocycles. The van der Waals surface area contributed by atoms with Gasteiger partial charge in [0.2, 0.25) is 0 Å². The minimum Gasteiger partial charge on any atom is -0.570 e. The van der Waals surface area contributed by atoms with Crippen LogP contribution in [0.25, 0.3) is 0 Å². The molecule has 0 fully saturated rings. The Hall–Kier alpha value is 0.735. The average Bonchev–Trinajstić information content (AvgIpc) is 2.05. The van der Waals surface area contributed by atoms with Crippen LogP contribution in [0, 0.1) is 61.1 Å². The van der Waals surface area contributed by atoms with Gasteiger partial charge in [0.1, 0.15) is 0 Å². The molecule has 1 N–H and O–H groups in total. The van der Waals surface area contributed by atoms with Crippen LogP contribution in [0.15, 0.2) is 6.58 Å². The van der Waals surface area contributed by atoms with Crippen molar-refractivity contribution in [3.8, 4) is 0 Å².